The summed E-state index contributed by atoms with van der Waals surface area (Å²) >= 11 is 0. The molecular formula is C19H26O2. The van der Waals surface area contributed by atoms with Gasteiger partial charge in [-0.1, -0.05) is 26.3 Å². The van der Waals surface area contributed by atoms with E-state index in [9.17, 15) is 9.90 Å². The van der Waals surface area contributed by atoms with E-state index >= 15 is 0 Å². The zero-order valence-electron chi connectivity index (χ0n) is 13.1. The molecule has 1 aromatic rings. The van der Waals surface area contributed by atoms with Crippen molar-refractivity contribution < 1.29 is 9.90 Å². The largest absolute Gasteiger partial charge is 0.508 e. The predicted molar refractivity (Wildman–Crippen MR) is 84.5 cm³/mol. The summed E-state index contributed by atoms with van der Waals surface area (Å²) < 4.78 is 0. The van der Waals surface area contributed by atoms with Gasteiger partial charge in [-0.25, -0.2) is 0 Å². The molecule has 1 fully saturated rings. The molecule has 4 atom stereocenters. The van der Waals surface area contributed by atoms with Gasteiger partial charge in [-0.3, -0.25) is 0 Å². The highest BCUT2D eigenvalue weighted by atomic mass is 16.3. The van der Waals surface area contributed by atoms with E-state index in [1.165, 1.54) is 17.4 Å². The highest BCUT2D eigenvalue weighted by Crippen LogP contribution is 2.55. The lowest BCUT2D eigenvalue weighted by atomic mass is 9.54. The quantitative estimate of drug-likeness (QED) is 0.833. The maximum absolute atomic E-state index is 11.7. The lowest BCUT2D eigenvalue weighted by molar-refractivity contribution is -0.123. The molecule has 0 spiro atoms. The lowest BCUT2D eigenvalue weighted by Crippen LogP contribution is -2.43. The summed E-state index contributed by atoms with van der Waals surface area (Å²) in [5.74, 6) is 2.11. The Morgan fingerprint density at radius 3 is 2.90 bits per heavy atom. The Morgan fingerprint density at radius 2 is 2.19 bits per heavy atom. The van der Waals surface area contributed by atoms with E-state index in [1.54, 1.807) is 0 Å². The van der Waals surface area contributed by atoms with Gasteiger partial charge in [0.15, 0.2) is 0 Å². The van der Waals surface area contributed by atoms with E-state index in [0.29, 0.717) is 23.5 Å². The second-order valence-corrected chi connectivity index (χ2v) is 7.25. The summed E-state index contributed by atoms with van der Waals surface area (Å²) in [6.45, 7) is 4.40. The highest BCUT2D eigenvalue weighted by Gasteiger charge is 2.47. The molecule has 0 radical (unpaired) electrons. The summed E-state index contributed by atoms with van der Waals surface area (Å²) in [5.41, 5.74) is 2.62. The van der Waals surface area contributed by atoms with Crippen LogP contribution in [0.4, 0.5) is 0 Å². The van der Waals surface area contributed by atoms with Crippen LogP contribution >= 0.6 is 0 Å². The van der Waals surface area contributed by atoms with Gasteiger partial charge < -0.3 is 9.90 Å². The SMILES string of the molecule is CCC[C@H]1[C@@H]2CCc3cc(O)ccc3[C@H]2CC[C@]1(C)C=O. The van der Waals surface area contributed by atoms with Gasteiger partial charge in [-0.05, 0) is 73.1 Å². The summed E-state index contributed by atoms with van der Waals surface area (Å²) in [7, 11) is 0. The number of aromatic hydroxyl groups is 1. The molecule has 2 aliphatic carbocycles. The molecule has 21 heavy (non-hydrogen) atoms. The van der Waals surface area contributed by atoms with Crippen LogP contribution in [0, 0.1) is 17.3 Å². The summed E-state index contributed by atoms with van der Waals surface area (Å²) in [6, 6.07) is 5.88. The van der Waals surface area contributed by atoms with E-state index < -0.39 is 0 Å². The van der Waals surface area contributed by atoms with E-state index in [0.717, 1.165) is 38.5 Å². The number of phenols is 1. The normalized spacial score (nSPS) is 34.9. The van der Waals surface area contributed by atoms with Crippen LogP contribution in [-0.2, 0) is 11.2 Å². The lowest BCUT2D eigenvalue weighted by Gasteiger charge is -2.50. The Hall–Kier alpha value is -1.31. The van der Waals surface area contributed by atoms with Crippen LogP contribution in [0.25, 0.3) is 0 Å². The molecule has 3 rings (SSSR count). The van der Waals surface area contributed by atoms with E-state index in [2.05, 4.69) is 19.9 Å². The number of fused-ring (bicyclic) bond motifs is 3. The van der Waals surface area contributed by atoms with Crippen molar-refractivity contribution in [3.05, 3.63) is 29.3 Å². The average molecular weight is 286 g/mol. The first kappa shape index (κ1) is 14.6. The molecule has 0 amide bonds. The van der Waals surface area contributed by atoms with Crippen LogP contribution in [0.1, 0.15) is 63.0 Å². The fraction of sp³-hybridized carbons (Fsp3) is 0.632. The first-order valence-corrected chi connectivity index (χ1v) is 8.37. The molecule has 0 aliphatic heterocycles. The first-order valence-electron chi connectivity index (χ1n) is 8.37. The Kier molecular flexibility index (Phi) is 3.81. The Bertz CT molecular complexity index is 536. The molecule has 114 valence electrons. The molecule has 0 aromatic heterocycles. The van der Waals surface area contributed by atoms with Crippen LogP contribution in [0.5, 0.6) is 5.75 Å². The third-order valence-corrected chi connectivity index (χ3v) is 6.02. The molecule has 0 saturated heterocycles. The number of phenolic OH excluding ortho intramolecular Hbond substituents is 1. The smallest absolute Gasteiger partial charge is 0.126 e. The van der Waals surface area contributed by atoms with Gasteiger partial charge in [0.05, 0.1) is 0 Å². The van der Waals surface area contributed by atoms with Gasteiger partial charge in [-0.15, -0.1) is 0 Å². The number of aryl methyl sites for hydroxylation is 1. The number of hydrogen-bond acceptors (Lipinski definition) is 2. The Balaban J connectivity index is 1.96. The molecular weight excluding hydrogens is 260 g/mol. The second-order valence-electron chi connectivity index (χ2n) is 7.25. The van der Waals surface area contributed by atoms with Crippen molar-refractivity contribution in [2.45, 2.75) is 58.3 Å². The second kappa shape index (κ2) is 5.47. The van der Waals surface area contributed by atoms with Crippen molar-refractivity contribution in [3.8, 4) is 5.75 Å². The summed E-state index contributed by atoms with van der Waals surface area (Å²) in [5, 5.41) is 9.70. The van der Waals surface area contributed by atoms with Gasteiger partial charge in [0.2, 0.25) is 0 Å². The molecule has 0 unspecified atom stereocenters. The van der Waals surface area contributed by atoms with Crippen LogP contribution in [0.15, 0.2) is 18.2 Å². The fourth-order valence-electron chi connectivity index (χ4n) is 4.92. The fourth-order valence-corrected chi connectivity index (χ4v) is 4.92. The maximum atomic E-state index is 11.7. The average Bonchev–Trinajstić information content (AvgIpc) is 2.49. The van der Waals surface area contributed by atoms with Crippen molar-refractivity contribution in [3.63, 3.8) is 0 Å². The molecule has 1 saturated carbocycles. The molecule has 0 heterocycles. The number of aldehydes is 1. The number of carbonyl (C=O) groups excluding carboxylic acids is 1. The zero-order chi connectivity index (χ0) is 15.0. The minimum absolute atomic E-state index is 0.133. The minimum Gasteiger partial charge on any atom is -0.508 e. The van der Waals surface area contributed by atoms with Gasteiger partial charge >= 0.3 is 0 Å². The first-order chi connectivity index (χ1) is 10.1. The van der Waals surface area contributed by atoms with Crippen molar-refractivity contribution in [2.75, 3.05) is 0 Å². The number of benzene rings is 1. The molecule has 1 N–H and O–H groups in total. The van der Waals surface area contributed by atoms with Gasteiger partial charge in [-0.2, -0.15) is 0 Å². The van der Waals surface area contributed by atoms with Crippen molar-refractivity contribution in [1.29, 1.82) is 0 Å². The molecule has 0 bridgehead atoms. The van der Waals surface area contributed by atoms with E-state index in [4.69, 9.17) is 0 Å². The van der Waals surface area contributed by atoms with Crippen molar-refractivity contribution >= 4 is 6.29 Å². The monoisotopic (exact) mass is 286 g/mol. The van der Waals surface area contributed by atoms with Gasteiger partial charge in [0.1, 0.15) is 12.0 Å². The minimum atomic E-state index is -0.133. The van der Waals surface area contributed by atoms with E-state index in [1.807, 2.05) is 12.1 Å². The maximum Gasteiger partial charge on any atom is 0.126 e. The Labute approximate surface area is 127 Å². The highest BCUT2D eigenvalue weighted by molar-refractivity contribution is 5.60. The predicted octanol–water partition coefficient (Wildman–Crippen LogP) is 4.45. The summed E-state index contributed by atoms with van der Waals surface area (Å²) in [6.07, 6.45) is 7.86. The third-order valence-electron chi connectivity index (χ3n) is 6.02. The molecule has 2 heteroatoms. The van der Waals surface area contributed by atoms with Crippen LogP contribution in [0.2, 0.25) is 0 Å². The van der Waals surface area contributed by atoms with Gasteiger partial charge in [0.25, 0.3) is 0 Å². The number of rotatable bonds is 3. The van der Waals surface area contributed by atoms with Crippen LogP contribution < -0.4 is 0 Å². The Morgan fingerprint density at radius 1 is 1.38 bits per heavy atom. The zero-order valence-corrected chi connectivity index (χ0v) is 13.1. The molecule has 2 aliphatic rings. The van der Waals surface area contributed by atoms with Crippen LogP contribution in [-0.4, -0.2) is 11.4 Å². The molecule has 2 nitrogen and oxygen atoms in total. The number of hydrogen-bond donors (Lipinski definition) is 1. The van der Waals surface area contributed by atoms with Gasteiger partial charge in [0, 0.05) is 5.41 Å². The van der Waals surface area contributed by atoms with Crippen molar-refractivity contribution in [2.24, 2.45) is 17.3 Å². The van der Waals surface area contributed by atoms with Crippen molar-refractivity contribution in [1.82, 2.24) is 0 Å². The third kappa shape index (κ3) is 2.39. The van der Waals surface area contributed by atoms with E-state index in [-0.39, 0.29) is 5.41 Å². The molecule has 1 aromatic carbocycles. The topological polar surface area (TPSA) is 37.3 Å². The summed E-state index contributed by atoms with van der Waals surface area (Å²) in [4.78, 5) is 11.7. The number of carbonyl (C=O) groups is 1. The van der Waals surface area contributed by atoms with Crippen LogP contribution in [0.3, 0.4) is 0 Å². The standard InChI is InChI=1S/C19H26O2/c1-3-4-18-17-7-5-13-11-14(21)6-8-15(13)16(17)9-10-19(18,2)12-20/h6,8,11-12,16-18,21H,3-5,7,9-10H2,1-2H3/t16-,17-,18+,19-/m1/s1.